The average molecular weight is 303 g/mol. The average Bonchev–Trinajstić information content (AvgIpc) is 2.47. The van der Waals surface area contributed by atoms with Crippen LogP contribution in [0.4, 0.5) is 0 Å². The summed E-state index contributed by atoms with van der Waals surface area (Å²) in [6, 6.07) is 11.9. The Hall–Kier alpha value is -2.33. The van der Waals surface area contributed by atoms with Gasteiger partial charge in [0.1, 0.15) is 5.75 Å². The third-order valence-corrected chi connectivity index (χ3v) is 3.30. The number of aryl methyl sites for hydroxylation is 1. The minimum Gasteiger partial charge on any atom is -0.507 e. The lowest BCUT2D eigenvalue weighted by Gasteiger charge is -2.07. The summed E-state index contributed by atoms with van der Waals surface area (Å²) in [5.41, 5.74) is 4.86. The van der Waals surface area contributed by atoms with Crippen LogP contribution < -0.4 is 5.43 Å². The predicted molar refractivity (Wildman–Crippen MR) is 84.0 cm³/mol. The Morgan fingerprint density at radius 2 is 1.90 bits per heavy atom. The molecule has 2 rings (SSSR count). The van der Waals surface area contributed by atoms with Crippen LogP contribution in [0.3, 0.4) is 0 Å². The third kappa shape index (κ3) is 3.61. The van der Waals surface area contributed by atoms with Gasteiger partial charge in [-0.1, -0.05) is 29.8 Å². The van der Waals surface area contributed by atoms with E-state index in [2.05, 4.69) is 10.5 Å². The van der Waals surface area contributed by atoms with Crippen LogP contribution in [0.5, 0.6) is 5.75 Å². The van der Waals surface area contributed by atoms with Crippen LogP contribution in [-0.2, 0) is 0 Å². The monoisotopic (exact) mass is 302 g/mol. The summed E-state index contributed by atoms with van der Waals surface area (Å²) in [4.78, 5) is 12.0. The number of amides is 1. The van der Waals surface area contributed by atoms with Crippen molar-refractivity contribution in [1.82, 2.24) is 5.43 Å². The third-order valence-electron chi connectivity index (χ3n) is 3.06. The fraction of sp³-hybridized carbons (Fsp3) is 0.125. The summed E-state index contributed by atoms with van der Waals surface area (Å²) in [6.45, 7) is 3.54. The van der Waals surface area contributed by atoms with Crippen molar-refractivity contribution in [3.05, 3.63) is 64.2 Å². The minimum absolute atomic E-state index is 0.0609. The molecule has 108 valence electrons. The van der Waals surface area contributed by atoms with Crippen LogP contribution in [0.15, 0.2) is 47.6 Å². The number of carbonyl (C=O) groups is 1. The lowest BCUT2D eigenvalue weighted by atomic mass is 10.1. The van der Waals surface area contributed by atoms with Crippen molar-refractivity contribution in [2.75, 3.05) is 0 Å². The van der Waals surface area contributed by atoms with E-state index >= 15 is 0 Å². The summed E-state index contributed by atoms with van der Waals surface area (Å²) in [7, 11) is 0. The van der Waals surface area contributed by atoms with Crippen LogP contribution >= 0.6 is 11.6 Å². The van der Waals surface area contributed by atoms with Gasteiger partial charge in [0.2, 0.25) is 0 Å². The molecule has 0 radical (unpaired) electrons. The smallest absolute Gasteiger partial charge is 0.271 e. The lowest BCUT2D eigenvalue weighted by molar-refractivity contribution is 0.0954. The Morgan fingerprint density at radius 1 is 1.19 bits per heavy atom. The number of rotatable bonds is 3. The molecule has 0 aliphatic rings. The molecule has 0 aliphatic carbocycles. The molecule has 0 heterocycles. The lowest BCUT2D eigenvalue weighted by Crippen LogP contribution is -2.20. The van der Waals surface area contributed by atoms with Crippen molar-refractivity contribution >= 4 is 23.2 Å². The van der Waals surface area contributed by atoms with Gasteiger partial charge in [-0.05, 0) is 43.7 Å². The number of nitrogens with one attached hydrogen (secondary N) is 1. The summed E-state index contributed by atoms with van der Waals surface area (Å²) >= 11 is 5.89. The van der Waals surface area contributed by atoms with Gasteiger partial charge in [-0.15, -0.1) is 0 Å². The summed E-state index contributed by atoms with van der Waals surface area (Å²) < 4.78 is 0. The van der Waals surface area contributed by atoms with Crippen LogP contribution in [0.2, 0.25) is 5.02 Å². The number of carbonyl (C=O) groups excluding carboxylic acids is 1. The highest BCUT2D eigenvalue weighted by molar-refractivity contribution is 6.31. The summed E-state index contributed by atoms with van der Waals surface area (Å²) in [5, 5.41) is 14.3. The first-order valence-electron chi connectivity index (χ1n) is 6.38. The zero-order chi connectivity index (χ0) is 15.4. The number of aromatic hydroxyl groups is 1. The van der Waals surface area contributed by atoms with Crippen LogP contribution in [0.1, 0.15) is 28.4 Å². The molecule has 0 unspecified atom stereocenters. The molecule has 0 bridgehead atoms. The molecule has 2 aromatic rings. The van der Waals surface area contributed by atoms with E-state index in [1.165, 1.54) is 6.07 Å². The van der Waals surface area contributed by atoms with E-state index < -0.39 is 0 Å². The summed E-state index contributed by atoms with van der Waals surface area (Å²) in [5.74, 6) is -0.236. The molecular formula is C16H15ClN2O2. The Bertz CT molecular complexity index is 711. The zero-order valence-corrected chi connectivity index (χ0v) is 12.5. The van der Waals surface area contributed by atoms with E-state index in [0.717, 1.165) is 5.56 Å². The first kappa shape index (κ1) is 15.1. The predicted octanol–water partition coefficient (Wildman–Crippen LogP) is 3.51. The number of halogens is 1. The van der Waals surface area contributed by atoms with Crippen molar-refractivity contribution < 1.29 is 9.90 Å². The van der Waals surface area contributed by atoms with E-state index in [0.29, 0.717) is 21.9 Å². The molecule has 2 N–H and O–H groups in total. The van der Waals surface area contributed by atoms with Gasteiger partial charge in [0, 0.05) is 16.1 Å². The second-order valence-electron chi connectivity index (χ2n) is 4.61. The molecule has 5 heteroatoms. The minimum atomic E-state index is -0.297. The first-order chi connectivity index (χ1) is 9.99. The molecular weight excluding hydrogens is 288 g/mol. The quantitative estimate of drug-likeness (QED) is 0.673. The van der Waals surface area contributed by atoms with E-state index in [-0.39, 0.29) is 11.7 Å². The Labute approximate surface area is 128 Å². The molecule has 2 aromatic carbocycles. The largest absolute Gasteiger partial charge is 0.507 e. The molecule has 0 fully saturated rings. The zero-order valence-electron chi connectivity index (χ0n) is 11.7. The van der Waals surface area contributed by atoms with Crippen molar-refractivity contribution in [1.29, 1.82) is 0 Å². The fourth-order valence-corrected chi connectivity index (χ4v) is 2.05. The van der Waals surface area contributed by atoms with Crippen LogP contribution in [0, 0.1) is 6.92 Å². The molecule has 0 atom stereocenters. The van der Waals surface area contributed by atoms with Crippen molar-refractivity contribution in [3.8, 4) is 5.75 Å². The van der Waals surface area contributed by atoms with Gasteiger partial charge in [-0.2, -0.15) is 5.10 Å². The van der Waals surface area contributed by atoms with Gasteiger partial charge in [0.15, 0.2) is 0 Å². The van der Waals surface area contributed by atoms with Gasteiger partial charge >= 0.3 is 0 Å². The highest BCUT2D eigenvalue weighted by atomic mass is 35.5. The van der Waals surface area contributed by atoms with E-state index in [9.17, 15) is 9.90 Å². The Balaban J connectivity index is 2.19. The fourth-order valence-electron chi connectivity index (χ4n) is 1.88. The first-order valence-corrected chi connectivity index (χ1v) is 6.76. The normalized spacial score (nSPS) is 11.3. The van der Waals surface area contributed by atoms with Gasteiger partial charge in [0.25, 0.3) is 5.91 Å². The molecule has 1 amide bonds. The van der Waals surface area contributed by atoms with E-state index in [1.807, 2.05) is 19.1 Å². The number of phenolic OH excluding ortho intramolecular Hbond substituents is 1. The van der Waals surface area contributed by atoms with E-state index in [4.69, 9.17) is 11.6 Å². The highest BCUT2D eigenvalue weighted by Crippen LogP contribution is 2.22. The molecule has 0 saturated heterocycles. The maximum Gasteiger partial charge on any atom is 0.271 e. The highest BCUT2D eigenvalue weighted by Gasteiger charge is 2.09. The summed E-state index contributed by atoms with van der Waals surface area (Å²) in [6.07, 6.45) is 0. The Morgan fingerprint density at radius 3 is 2.62 bits per heavy atom. The van der Waals surface area contributed by atoms with Gasteiger partial charge in [-0.25, -0.2) is 5.43 Å². The molecule has 0 saturated carbocycles. The maximum atomic E-state index is 12.0. The second-order valence-corrected chi connectivity index (χ2v) is 5.05. The number of benzene rings is 2. The van der Waals surface area contributed by atoms with Gasteiger partial charge < -0.3 is 5.11 Å². The molecule has 21 heavy (non-hydrogen) atoms. The van der Waals surface area contributed by atoms with Crippen LogP contribution in [-0.4, -0.2) is 16.7 Å². The van der Waals surface area contributed by atoms with Crippen molar-refractivity contribution in [3.63, 3.8) is 0 Å². The number of hydrogen-bond acceptors (Lipinski definition) is 3. The standard InChI is InChI=1S/C16H15ClN2O2/c1-10-5-3-4-6-13(10)16(21)19-18-11(2)14-9-12(17)7-8-15(14)20/h3-9,20H,1-2H3,(H,19,21)/b18-11+. The number of nitrogens with zero attached hydrogens (tertiary/aromatic N) is 1. The van der Waals surface area contributed by atoms with Gasteiger partial charge in [0.05, 0.1) is 5.71 Å². The van der Waals surface area contributed by atoms with Gasteiger partial charge in [-0.3, -0.25) is 4.79 Å². The number of phenols is 1. The Kier molecular flexibility index (Phi) is 4.60. The van der Waals surface area contributed by atoms with Crippen molar-refractivity contribution in [2.45, 2.75) is 13.8 Å². The SMILES string of the molecule is C/C(=N\NC(=O)c1ccccc1C)c1cc(Cl)ccc1O. The van der Waals surface area contributed by atoms with Crippen LogP contribution in [0.25, 0.3) is 0 Å². The van der Waals surface area contributed by atoms with E-state index in [1.54, 1.807) is 31.2 Å². The topological polar surface area (TPSA) is 61.7 Å². The van der Waals surface area contributed by atoms with Crippen molar-refractivity contribution in [2.24, 2.45) is 5.10 Å². The second kappa shape index (κ2) is 6.41. The molecule has 0 aliphatic heterocycles. The molecule has 0 spiro atoms. The maximum absolute atomic E-state index is 12.0. The number of hydrogen-bond donors (Lipinski definition) is 2. The number of hydrazone groups is 1. The molecule has 0 aromatic heterocycles. The molecule has 4 nitrogen and oxygen atoms in total.